The topological polar surface area (TPSA) is 26.0 Å². The van der Waals surface area contributed by atoms with Gasteiger partial charge in [-0.15, -0.1) is 0 Å². The molecule has 0 spiro atoms. The quantitative estimate of drug-likeness (QED) is 0.840. The predicted octanol–water partition coefficient (Wildman–Crippen LogP) is 4.51. The Morgan fingerprint density at radius 2 is 1.61 bits per heavy atom. The normalized spacial score (nSPS) is 15.6. The first-order chi connectivity index (χ1) is 8.12. The molecule has 2 heteroatoms. The summed E-state index contributed by atoms with van der Waals surface area (Å²) in [5, 5.41) is 0. The van der Waals surface area contributed by atoms with Crippen LogP contribution in [0.15, 0.2) is 12.1 Å². The zero-order chi connectivity index (χ0) is 14.1. The van der Waals surface area contributed by atoms with Crippen LogP contribution in [0, 0.1) is 31.0 Å². The Kier molecular flexibility index (Phi) is 4.55. The van der Waals surface area contributed by atoms with Crippen molar-refractivity contribution in [1.82, 2.24) is 0 Å². The average Bonchev–Trinajstić information content (AvgIpc) is 2.13. The van der Waals surface area contributed by atoms with E-state index < -0.39 is 0 Å². The van der Waals surface area contributed by atoms with Gasteiger partial charge in [0.2, 0.25) is 0 Å². The van der Waals surface area contributed by atoms with Gasteiger partial charge in [0, 0.05) is 6.04 Å². The van der Waals surface area contributed by atoms with Crippen LogP contribution in [-0.4, -0.2) is 0 Å². The molecule has 0 amide bonds. The Labute approximate surface area is 111 Å². The molecule has 0 aliphatic rings. The van der Waals surface area contributed by atoms with Crippen LogP contribution >= 0.6 is 0 Å². The van der Waals surface area contributed by atoms with Gasteiger partial charge in [0.25, 0.3) is 0 Å². The van der Waals surface area contributed by atoms with Crippen molar-refractivity contribution >= 4 is 0 Å². The summed E-state index contributed by atoms with van der Waals surface area (Å²) in [7, 11) is 0. The molecule has 2 N–H and O–H groups in total. The van der Waals surface area contributed by atoms with E-state index in [0.29, 0.717) is 5.92 Å². The van der Waals surface area contributed by atoms with Crippen LogP contribution in [0.3, 0.4) is 0 Å². The van der Waals surface area contributed by atoms with Crippen LogP contribution in [0.4, 0.5) is 4.39 Å². The van der Waals surface area contributed by atoms with Gasteiger partial charge in [-0.3, -0.25) is 0 Å². The lowest BCUT2D eigenvalue weighted by molar-refractivity contribution is 0.233. The van der Waals surface area contributed by atoms with Gasteiger partial charge in [0.15, 0.2) is 0 Å². The summed E-state index contributed by atoms with van der Waals surface area (Å²) in [6.45, 7) is 12.8. The predicted molar refractivity (Wildman–Crippen MR) is 76.0 cm³/mol. The molecular formula is C16H26FN. The molecule has 102 valence electrons. The largest absolute Gasteiger partial charge is 0.324 e. The summed E-state index contributed by atoms with van der Waals surface area (Å²) < 4.78 is 13.3. The van der Waals surface area contributed by atoms with Crippen molar-refractivity contribution in [2.75, 3.05) is 0 Å². The molecule has 1 rings (SSSR count). The van der Waals surface area contributed by atoms with Crippen molar-refractivity contribution in [2.24, 2.45) is 17.1 Å². The van der Waals surface area contributed by atoms with Crippen molar-refractivity contribution in [1.29, 1.82) is 0 Å². The molecule has 2 atom stereocenters. The monoisotopic (exact) mass is 251 g/mol. The summed E-state index contributed by atoms with van der Waals surface area (Å²) in [5.41, 5.74) is 9.59. The van der Waals surface area contributed by atoms with Gasteiger partial charge in [-0.1, -0.05) is 27.7 Å². The number of hydrogen-bond acceptors (Lipinski definition) is 1. The van der Waals surface area contributed by atoms with Crippen molar-refractivity contribution in [3.05, 3.63) is 34.6 Å². The van der Waals surface area contributed by atoms with E-state index in [9.17, 15) is 4.39 Å². The highest BCUT2D eigenvalue weighted by Crippen LogP contribution is 2.34. The summed E-state index contributed by atoms with van der Waals surface area (Å²) in [6, 6.07) is 3.13. The van der Waals surface area contributed by atoms with E-state index in [2.05, 4.69) is 27.7 Å². The lowest BCUT2D eigenvalue weighted by Gasteiger charge is -2.30. The van der Waals surface area contributed by atoms with Crippen LogP contribution in [-0.2, 0) is 0 Å². The van der Waals surface area contributed by atoms with Crippen LogP contribution in [0.5, 0.6) is 0 Å². The first-order valence-corrected chi connectivity index (χ1v) is 6.65. The minimum Gasteiger partial charge on any atom is -0.324 e. The summed E-state index contributed by atoms with van der Waals surface area (Å²) in [6.07, 6.45) is 0.927. The molecular weight excluding hydrogens is 225 g/mol. The van der Waals surface area contributed by atoms with E-state index in [4.69, 9.17) is 5.73 Å². The van der Waals surface area contributed by atoms with Crippen molar-refractivity contribution in [3.63, 3.8) is 0 Å². The van der Waals surface area contributed by atoms with Crippen molar-refractivity contribution in [2.45, 2.75) is 54.0 Å². The highest BCUT2D eigenvalue weighted by molar-refractivity contribution is 5.36. The molecule has 0 bridgehead atoms. The maximum atomic E-state index is 13.3. The third-order valence-electron chi connectivity index (χ3n) is 4.02. The molecule has 0 fully saturated rings. The highest BCUT2D eigenvalue weighted by atomic mass is 19.1. The standard InChI is InChI=1S/C16H26FN/c1-10-7-13(17)8-11(2)15(10)14(18)9-12(3)16(4,5)6/h7-8,12,14H,9,18H2,1-6H3. The van der Waals surface area contributed by atoms with Gasteiger partial charge >= 0.3 is 0 Å². The maximum absolute atomic E-state index is 13.3. The van der Waals surface area contributed by atoms with E-state index >= 15 is 0 Å². The average molecular weight is 251 g/mol. The summed E-state index contributed by atoms with van der Waals surface area (Å²) in [4.78, 5) is 0. The smallest absolute Gasteiger partial charge is 0.123 e. The van der Waals surface area contributed by atoms with Gasteiger partial charge in [-0.2, -0.15) is 0 Å². The Hall–Kier alpha value is -0.890. The lowest BCUT2D eigenvalue weighted by atomic mass is 9.77. The van der Waals surface area contributed by atoms with Crippen LogP contribution in [0.1, 0.15) is 56.8 Å². The first kappa shape index (κ1) is 15.2. The second-order valence-electron chi connectivity index (χ2n) is 6.56. The Bertz CT molecular complexity index is 395. The Morgan fingerprint density at radius 3 is 2.00 bits per heavy atom. The van der Waals surface area contributed by atoms with E-state index in [1.165, 1.54) is 0 Å². The second kappa shape index (κ2) is 5.40. The molecule has 1 aromatic carbocycles. The van der Waals surface area contributed by atoms with Crippen molar-refractivity contribution in [3.8, 4) is 0 Å². The summed E-state index contributed by atoms with van der Waals surface area (Å²) in [5.74, 6) is 0.348. The molecule has 0 heterocycles. The minimum atomic E-state index is -0.176. The van der Waals surface area contributed by atoms with Gasteiger partial charge in [0.1, 0.15) is 5.82 Å². The lowest BCUT2D eigenvalue weighted by Crippen LogP contribution is -2.24. The van der Waals surface area contributed by atoms with E-state index in [1.807, 2.05) is 13.8 Å². The molecule has 1 aromatic rings. The molecule has 0 radical (unpaired) electrons. The third-order valence-corrected chi connectivity index (χ3v) is 4.02. The van der Waals surface area contributed by atoms with Gasteiger partial charge in [-0.25, -0.2) is 4.39 Å². The summed E-state index contributed by atoms with van der Waals surface area (Å²) >= 11 is 0. The number of rotatable bonds is 3. The number of halogens is 1. The number of benzene rings is 1. The number of hydrogen-bond donors (Lipinski definition) is 1. The maximum Gasteiger partial charge on any atom is 0.123 e. The highest BCUT2D eigenvalue weighted by Gasteiger charge is 2.24. The third kappa shape index (κ3) is 3.55. The Morgan fingerprint density at radius 1 is 1.17 bits per heavy atom. The fraction of sp³-hybridized carbons (Fsp3) is 0.625. The molecule has 0 aliphatic heterocycles. The number of nitrogens with two attached hydrogens (primary N) is 1. The fourth-order valence-electron chi connectivity index (χ4n) is 2.36. The molecule has 0 aromatic heterocycles. The van der Waals surface area contributed by atoms with E-state index in [0.717, 1.165) is 23.1 Å². The minimum absolute atomic E-state index is 0.0141. The molecule has 1 nitrogen and oxygen atoms in total. The van der Waals surface area contributed by atoms with Gasteiger partial charge < -0.3 is 5.73 Å². The van der Waals surface area contributed by atoms with E-state index in [-0.39, 0.29) is 17.3 Å². The molecule has 2 unspecified atom stereocenters. The Balaban J connectivity index is 2.95. The fourth-order valence-corrected chi connectivity index (χ4v) is 2.36. The second-order valence-corrected chi connectivity index (χ2v) is 6.56. The molecule has 0 saturated carbocycles. The van der Waals surface area contributed by atoms with Crippen LogP contribution in [0.25, 0.3) is 0 Å². The first-order valence-electron chi connectivity index (χ1n) is 6.65. The molecule has 0 saturated heterocycles. The molecule has 0 aliphatic carbocycles. The van der Waals surface area contributed by atoms with Crippen molar-refractivity contribution < 1.29 is 4.39 Å². The van der Waals surface area contributed by atoms with Gasteiger partial charge in [0.05, 0.1) is 0 Å². The molecule has 18 heavy (non-hydrogen) atoms. The van der Waals surface area contributed by atoms with Crippen LogP contribution < -0.4 is 5.73 Å². The van der Waals surface area contributed by atoms with Gasteiger partial charge in [-0.05, 0) is 60.4 Å². The SMILES string of the molecule is Cc1cc(F)cc(C)c1C(N)CC(C)C(C)(C)C. The number of aryl methyl sites for hydroxylation is 2. The van der Waals surface area contributed by atoms with E-state index in [1.54, 1.807) is 12.1 Å². The van der Waals surface area contributed by atoms with Crippen LogP contribution in [0.2, 0.25) is 0 Å². The zero-order valence-electron chi connectivity index (χ0n) is 12.5. The zero-order valence-corrected chi connectivity index (χ0v) is 12.5.